The number of hydrogen-bond acceptors (Lipinski definition) is 1. The lowest BCUT2D eigenvalue weighted by Gasteiger charge is -2.16. The van der Waals surface area contributed by atoms with Gasteiger partial charge in [0.1, 0.15) is 0 Å². The molecular formula is C17H19Cl2N. The van der Waals surface area contributed by atoms with E-state index in [0.717, 1.165) is 18.5 Å². The van der Waals surface area contributed by atoms with E-state index in [9.17, 15) is 0 Å². The molecule has 0 heterocycles. The molecule has 2 aromatic rings. The van der Waals surface area contributed by atoms with Crippen LogP contribution in [-0.2, 0) is 6.42 Å². The smallest absolute Gasteiger partial charge is 0.0638 e. The average molecular weight is 308 g/mol. The van der Waals surface area contributed by atoms with E-state index in [1.165, 1.54) is 11.1 Å². The maximum atomic E-state index is 6.16. The zero-order chi connectivity index (χ0) is 14.5. The first-order valence-corrected chi connectivity index (χ1v) is 7.57. The molecule has 3 heteroatoms. The van der Waals surface area contributed by atoms with Crippen molar-refractivity contribution >= 4 is 28.9 Å². The third kappa shape index (κ3) is 4.43. The zero-order valence-corrected chi connectivity index (χ0v) is 13.3. The van der Waals surface area contributed by atoms with E-state index < -0.39 is 0 Å². The molecule has 106 valence electrons. The summed E-state index contributed by atoms with van der Waals surface area (Å²) in [4.78, 5) is 0. The number of rotatable bonds is 5. The van der Waals surface area contributed by atoms with E-state index >= 15 is 0 Å². The van der Waals surface area contributed by atoms with Gasteiger partial charge in [-0.25, -0.2) is 0 Å². The second kappa shape index (κ2) is 7.01. The van der Waals surface area contributed by atoms with Crippen molar-refractivity contribution in [3.8, 4) is 0 Å². The fraction of sp³-hybridized carbons (Fsp3) is 0.294. The van der Waals surface area contributed by atoms with Gasteiger partial charge in [0.05, 0.1) is 10.7 Å². The molecule has 0 radical (unpaired) electrons. The normalized spacial score (nSPS) is 12.2. The van der Waals surface area contributed by atoms with Crippen molar-refractivity contribution in [3.05, 3.63) is 63.6 Å². The van der Waals surface area contributed by atoms with Gasteiger partial charge in [0.25, 0.3) is 0 Å². The number of aryl methyl sites for hydroxylation is 2. The summed E-state index contributed by atoms with van der Waals surface area (Å²) in [7, 11) is 0. The van der Waals surface area contributed by atoms with Crippen LogP contribution in [0.4, 0.5) is 5.69 Å². The summed E-state index contributed by atoms with van der Waals surface area (Å²) in [6.45, 7) is 4.28. The second-order valence-corrected chi connectivity index (χ2v) is 6.04. The molecule has 1 N–H and O–H groups in total. The molecule has 1 nitrogen and oxygen atoms in total. The standard InChI is InChI=1S/C17H19Cl2N/c1-12-4-3-5-14(10-12)7-6-13(2)20-17-11-15(18)8-9-16(17)19/h3-5,8-11,13,20H,6-7H2,1-2H3. The Kier molecular flexibility index (Phi) is 5.33. The first-order valence-electron chi connectivity index (χ1n) is 6.82. The zero-order valence-electron chi connectivity index (χ0n) is 11.8. The Hall–Kier alpha value is -1.18. The van der Waals surface area contributed by atoms with Crippen LogP contribution in [0.5, 0.6) is 0 Å². The molecule has 0 aromatic heterocycles. The van der Waals surface area contributed by atoms with Gasteiger partial charge in [-0.3, -0.25) is 0 Å². The molecule has 0 aliphatic heterocycles. The molecule has 2 rings (SSSR count). The van der Waals surface area contributed by atoms with Crippen LogP contribution in [0.25, 0.3) is 0 Å². The first kappa shape index (κ1) is 15.2. The van der Waals surface area contributed by atoms with Crippen LogP contribution in [0, 0.1) is 6.92 Å². The van der Waals surface area contributed by atoms with Crippen LogP contribution in [0.2, 0.25) is 10.0 Å². The van der Waals surface area contributed by atoms with Crippen molar-refractivity contribution in [2.24, 2.45) is 0 Å². The Morgan fingerprint density at radius 2 is 1.90 bits per heavy atom. The third-order valence-electron chi connectivity index (χ3n) is 3.28. The van der Waals surface area contributed by atoms with Crippen molar-refractivity contribution in [2.45, 2.75) is 32.7 Å². The van der Waals surface area contributed by atoms with Crippen molar-refractivity contribution < 1.29 is 0 Å². The predicted octanol–water partition coefficient (Wildman–Crippen LogP) is 5.74. The quantitative estimate of drug-likeness (QED) is 0.743. The van der Waals surface area contributed by atoms with Crippen LogP contribution in [0.15, 0.2) is 42.5 Å². The van der Waals surface area contributed by atoms with Crippen molar-refractivity contribution in [2.75, 3.05) is 5.32 Å². The highest BCUT2D eigenvalue weighted by atomic mass is 35.5. The third-order valence-corrected chi connectivity index (χ3v) is 3.84. The van der Waals surface area contributed by atoms with Crippen molar-refractivity contribution in [3.63, 3.8) is 0 Å². The summed E-state index contributed by atoms with van der Waals surface area (Å²) in [5, 5.41) is 4.82. The maximum Gasteiger partial charge on any atom is 0.0638 e. The van der Waals surface area contributed by atoms with E-state index in [-0.39, 0.29) is 0 Å². The number of benzene rings is 2. The van der Waals surface area contributed by atoms with Gasteiger partial charge in [-0.1, -0.05) is 53.0 Å². The summed E-state index contributed by atoms with van der Waals surface area (Å²) in [5.74, 6) is 0. The molecule has 20 heavy (non-hydrogen) atoms. The molecular weight excluding hydrogens is 289 g/mol. The molecule has 1 unspecified atom stereocenters. The van der Waals surface area contributed by atoms with Gasteiger partial charge in [0, 0.05) is 11.1 Å². The summed E-state index contributed by atoms with van der Waals surface area (Å²) in [6, 6.07) is 14.5. The summed E-state index contributed by atoms with van der Waals surface area (Å²) < 4.78 is 0. The first-order chi connectivity index (χ1) is 9.54. The fourth-order valence-corrected chi connectivity index (χ4v) is 2.54. The molecule has 1 atom stereocenters. The van der Waals surface area contributed by atoms with Gasteiger partial charge in [-0.05, 0) is 50.5 Å². The number of halogens is 2. The number of nitrogens with one attached hydrogen (secondary N) is 1. The van der Waals surface area contributed by atoms with Gasteiger partial charge < -0.3 is 5.32 Å². The van der Waals surface area contributed by atoms with Gasteiger partial charge >= 0.3 is 0 Å². The molecule has 0 saturated carbocycles. The number of hydrogen-bond donors (Lipinski definition) is 1. The average Bonchev–Trinajstić information content (AvgIpc) is 2.41. The molecule has 0 aliphatic rings. The highest BCUT2D eigenvalue weighted by Gasteiger charge is 2.06. The number of anilines is 1. The fourth-order valence-electron chi connectivity index (χ4n) is 2.20. The molecule has 0 bridgehead atoms. The lowest BCUT2D eigenvalue weighted by molar-refractivity contribution is 0.706. The van der Waals surface area contributed by atoms with Crippen LogP contribution in [-0.4, -0.2) is 6.04 Å². The summed E-state index contributed by atoms with van der Waals surface area (Å²) in [6.07, 6.45) is 2.10. The van der Waals surface area contributed by atoms with Crippen molar-refractivity contribution in [1.82, 2.24) is 0 Å². The Bertz CT molecular complexity index is 581. The lowest BCUT2D eigenvalue weighted by atomic mass is 10.0. The van der Waals surface area contributed by atoms with E-state index in [1.54, 1.807) is 6.07 Å². The molecule has 2 aromatic carbocycles. The van der Waals surface area contributed by atoms with Crippen molar-refractivity contribution in [1.29, 1.82) is 0 Å². The lowest BCUT2D eigenvalue weighted by Crippen LogP contribution is -2.16. The minimum Gasteiger partial charge on any atom is -0.381 e. The molecule has 0 spiro atoms. The Morgan fingerprint density at radius 1 is 1.10 bits per heavy atom. The Balaban J connectivity index is 1.92. The minimum absolute atomic E-state index is 0.339. The highest BCUT2D eigenvalue weighted by molar-refractivity contribution is 6.35. The minimum atomic E-state index is 0.339. The largest absolute Gasteiger partial charge is 0.381 e. The van der Waals surface area contributed by atoms with Crippen LogP contribution >= 0.6 is 23.2 Å². The van der Waals surface area contributed by atoms with Crippen LogP contribution in [0.1, 0.15) is 24.5 Å². The topological polar surface area (TPSA) is 12.0 Å². The Labute approximate surface area is 130 Å². The molecule has 0 amide bonds. The van der Waals surface area contributed by atoms with Gasteiger partial charge in [0.2, 0.25) is 0 Å². The summed E-state index contributed by atoms with van der Waals surface area (Å²) in [5.41, 5.74) is 3.58. The highest BCUT2D eigenvalue weighted by Crippen LogP contribution is 2.26. The SMILES string of the molecule is Cc1cccc(CCC(C)Nc2cc(Cl)ccc2Cl)c1. The van der Waals surface area contributed by atoms with E-state index in [2.05, 4.69) is 43.4 Å². The predicted molar refractivity (Wildman–Crippen MR) is 89.0 cm³/mol. The van der Waals surface area contributed by atoms with E-state index in [1.807, 2.05) is 12.1 Å². The van der Waals surface area contributed by atoms with E-state index in [0.29, 0.717) is 16.1 Å². The van der Waals surface area contributed by atoms with Gasteiger partial charge in [-0.2, -0.15) is 0 Å². The molecule has 0 aliphatic carbocycles. The monoisotopic (exact) mass is 307 g/mol. The second-order valence-electron chi connectivity index (χ2n) is 5.20. The Morgan fingerprint density at radius 3 is 2.65 bits per heavy atom. The summed E-state index contributed by atoms with van der Waals surface area (Å²) >= 11 is 12.1. The van der Waals surface area contributed by atoms with Gasteiger partial charge in [-0.15, -0.1) is 0 Å². The van der Waals surface area contributed by atoms with Gasteiger partial charge in [0.15, 0.2) is 0 Å². The molecule has 0 saturated heterocycles. The van der Waals surface area contributed by atoms with Crippen LogP contribution in [0.3, 0.4) is 0 Å². The maximum absolute atomic E-state index is 6.16. The van der Waals surface area contributed by atoms with E-state index in [4.69, 9.17) is 23.2 Å². The molecule has 0 fully saturated rings. The van der Waals surface area contributed by atoms with Crippen LogP contribution < -0.4 is 5.32 Å².